The molecule has 0 saturated heterocycles. The molecule has 9 heteroatoms. The molecule has 38 heavy (non-hydrogen) atoms. The molecule has 1 heterocycles. The van der Waals surface area contributed by atoms with Gasteiger partial charge < -0.3 is 5.32 Å². The quantitative estimate of drug-likeness (QED) is 0.293. The Morgan fingerprint density at radius 1 is 1.00 bits per heavy atom. The average Bonchev–Trinajstić information content (AvgIpc) is 3.30. The molecule has 8 nitrogen and oxygen atoms in total. The minimum atomic E-state index is -1.08. The lowest BCUT2D eigenvalue weighted by atomic mass is 9.97. The third kappa shape index (κ3) is 5.75. The fraction of sp³-hybridized carbons (Fsp3) is 0.276. The number of hydrogen-bond donors (Lipinski definition) is 1. The molecule has 0 radical (unpaired) electrons. The number of aromatic nitrogens is 3. The molecule has 4 aromatic rings. The van der Waals surface area contributed by atoms with Gasteiger partial charge in [-0.15, -0.1) is 5.10 Å². The lowest BCUT2D eigenvalue weighted by Gasteiger charge is -2.35. The molecule has 1 aromatic heterocycles. The minimum absolute atomic E-state index is 0.193. The van der Waals surface area contributed by atoms with Crippen LogP contribution in [0.4, 0.5) is 5.69 Å². The van der Waals surface area contributed by atoms with Crippen LogP contribution in [-0.2, 0) is 16.1 Å². The van der Waals surface area contributed by atoms with Crippen molar-refractivity contribution in [2.45, 2.75) is 52.2 Å². The molecule has 4 rings (SSSR count). The molecule has 1 atom stereocenters. The third-order valence-electron chi connectivity index (χ3n) is 6.55. The zero-order valence-electron chi connectivity index (χ0n) is 21.8. The number of carbonyl (C=O) groups is 3. The van der Waals surface area contributed by atoms with E-state index in [1.165, 1.54) is 16.5 Å². The van der Waals surface area contributed by atoms with Gasteiger partial charge in [-0.1, -0.05) is 60.1 Å². The summed E-state index contributed by atoms with van der Waals surface area (Å²) in [6, 6.07) is 19.8. The van der Waals surface area contributed by atoms with Crippen LogP contribution in [0.5, 0.6) is 0 Å². The van der Waals surface area contributed by atoms with Crippen LogP contribution in [0.15, 0.2) is 72.8 Å². The van der Waals surface area contributed by atoms with Crippen molar-refractivity contribution in [2.24, 2.45) is 0 Å². The number of nitrogens with zero attached hydrogens (tertiary/aromatic N) is 4. The topological polar surface area (TPSA) is 97.2 Å². The minimum Gasteiger partial charge on any atom is -0.349 e. The number of hydrogen-bond acceptors (Lipinski definition) is 5. The molecule has 196 valence electrons. The first-order chi connectivity index (χ1) is 18.1. The Kier molecular flexibility index (Phi) is 7.92. The number of halogens is 1. The van der Waals surface area contributed by atoms with E-state index in [0.717, 1.165) is 0 Å². The fourth-order valence-electron chi connectivity index (χ4n) is 4.19. The van der Waals surface area contributed by atoms with Gasteiger partial charge in [0.2, 0.25) is 11.8 Å². The van der Waals surface area contributed by atoms with Gasteiger partial charge in [-0.3, -0.25) is 19.3 Å². The van der Waals surface area contributed by atoms with Crippen LogP contribution in [0.25, 0.3) is 11.0 Å². The number of rotatable bonds is 9. The highest BCUT2D eigenvalue weighted by Gasteiger charge is 2.36. The predicted molar refractivity (Wildman–Crippen MR) is 148 cm³/mol. The Labute approximate surface area is 226 Å². The highest BCUT2D eigenvalue weighted by atomic mass is 35.5. The number of amides is 2. The molecule has 0 aliphatic heterocycles. The number of nitrogens with one attached hydrogen (secondary N) is 1. The summed E-state index contributed by atoms with van der Waals surface area (Å²) in [7, 11) is 0. The van der Waals surface area contributed by atoms with Crippen molar-refractivity contribution >= 4 is 45.9 Å². The smallest absolute Gasteiger partial charge is 0.249 e. The van der Waals surface area contributed by atoms with E-state index >= 15 is 0 Å². The second kappa shape index (κ2) is 11.1. The summed E-state index contributed by atoms with van der Waals surface area (Å²) in [5.74, 6) is -1.04. The Morgan fingerprint density at radius 3 is 2.34 bits per heavy atom. The first-order valence-electron chi connectivity index (χ1n) is 12.4. The van der Waals surface area contributed by atoms with Crippen molar-refractivity contribution in [2.75, 3.05) is 4.90 Å². The van der Waals surface area contributed by atoms with Gasteiger partial charge in [0.05, 0.1) is 11.2 Å². The molecule has 0 spiro atoms. The molecule has 0 aliphatic rings. The monoisotopic (exact) mass is 531 g/mol. The fourth-order valence-corrected chi connectivity index (χ4v) is 4.32. The van der Waals surface area contributed by atoms with Crippen molar-refractivity contribution in [1.82, 2.24) is 20.3 Å². The van der Waals surface area contributed by atoms with E-state index in [1.807, 2.05) is 45.0 Å². The Balaban J connectivity index is 1.88. The Morgan fingerprint density at radius 2 is 1.66 bits per heavy atom. The largest absolute Gasteiger partial charge is 0.349 e. The number of fused-ring (bicyclic) bond motifs is 1. The first-order valence-corrected chi connectivity index (χ1v) is 12.8. The predicted octanol–water partition coefficient (Wildman–Crippen LogP) is 5.37. The van der Waals surface area contributed by atoms with Crippen LogP contribution in [-0.4, -0.2) is 38.1 Å². The summed E-state index contributed by atoms with van der Waals surface area (Å²) in [6.45, 7) is 7.05. The molecule has 0 saturated carbocycles. The number of carbonyl (C=O) groups excluding carboxylic acids is 3. The van der Waals surface area contributed by atoms with Gasteiger partial charge in [0.15, 0.2) is 5.78 Å². The molecule has 1 N–H and O–H groups in total. The molecular formula is C29H30ClN5O3. The molecule has 1 unspecified atom stereocenters. The van der Waals surface area contributed by atoms with Crippen LogP contribution < -0.4 is 10.2 Å². The van der Waals surface area contributed by atoms with Crippen molar-refractivity contribution < 1.29 is 14.4 Å². The highest BCUT2D eigenvalue weighted by Crippen LogP contribution is 2.33. The Hall–Kier alpha value is -4.04. The van der Waals surface area contributed by atoms with E-state index in [1.54, 1.807) is 48.5 Å². The van der Waals surface area contributed by atoms with E-state index in [0.29, 0.717) is 39.3 Å². The van der Waals surface area contributed by atoms with Gasteiger partial charge in [-0.05, 0) is 69.2 Å². The third-order valence-corrected chi connectivity index (χ3v) is 6.81. The second-order valence-electron chi connectivity index (χ2n) is 9.75. The number of ketones is 1. The van der Waals surface area contributed by atoms with Crippen LogP contribution in [0.3, 0.4) is 0 Å². The number of para-hydroxylation sites is 2. The van der Waals surface area contributed by atoms with Crippen molar-refractivity contribution in [1.29, 1.82) is 0 Å². The van der Waals surface area contributed by atoms with Crippen LogP contribution in [0, 0.1) is 0 Å². The van der Waals surface area contributed by atoms with Crippen LogP contribution in [0.1, 0.15) is 56.1 Å². The lowest BCUT2D eigenvalue weighted by molar-refractivity contribution is -0.128. The highest BCUT2D eigenvalue weighted by molar-refractivity contribution is 6.30. The van der Waals surface area contributed by atoms with E-state index in [-0.39, 0.29) is 18.2 Å². The SMILES string of the molecule is CCC(C)(C)NC(=O)C(c1ccc(Cl)cc1)N(C(=O)Cn1nnc2ccccc21)c1ccccc1C(C)=O. The first kappa shape index (κ1) is 27.0. The maximum atomic E-state index is 14.2. The van der Waals surface area contributed by atoms with E-state index in [2.05, 4.69) is 15.6 Å². The normalized spacial score (nSPS) is 12.2. The molecule has 0 bridgehead atoms. The van der Waals surface area contributed by atoms with Gasteiger partial charge in [0, 0.05) is 16.1 Å². The molecule has 0 fully saturated rings. The van der Waals surface area contributed by atoms with Gasteiger partial charge >= 0.3 is 0 Å². The number of benzene rings is 3. The van der Waals surface area contributed by atoms with E-state index in [9.17, 15) is 14.4 Å². The second-order valence-corrected chi connectivity index (χ2v) is 10.2. The number of anilines is 1. The molecule has 3 aromatic carbocycles. The van der Waals surface area contributed by atoms with Crippen LogP contribution in [0.2, 0.25) is 5.02 Å². The maximum absolute atomic E-state index is 14.2. The summed E-state index contributed by atoms with van der Waals surface area (Å²) in [6.07, 6.45) is 0.676. The van der Waals surface area contributed by atoms with E-state index in [4.69, 9.17) is 11.6 Å². The zero-order valence-corrected chi connectivity index (χ0v) is 22.6. The van der Waals surface area contributed by atoms with Crippen molar-refractivity contribution in [3.05, 3.63) is 88.9 Å². The average molecular weight is 532 g/mol. The van der Waals surface area contributed by atoms with Gasteiger partial charge in [0.25, 0.3) is 0 Å². The maximum Gasteiger partial charge on any atom is 0.249 e. The van der Waals surface area contributed by atoms with Crippen molar-refractivity contribution in [3.8, 4) is 0 Å². The Bertz CT molecular complexity index is 1480. The van der Waals surface area contributed by atoms with Crippen LogP contribution >= 0.6 is 11.6 Å². The molecule has 2 amide bonds. The van der Waals surface area contributed by atoms with Gasteiger partial charge in [0.1, 0.15) is 18.1 Å². The summed E-state index contributed by atoms with van der Waals surface area (Å²) < 4.78 is 1.49. The molecular weight excluding hydrogens is 502 g/mol. The van der Waals surface area contributed by atoms with E-state index < -0.39 is 17.5 Å². The summed E-state index contributed by atoms with van der Waals surface area (Å²) in [4.78, 5) is 42.2. The van der Waals surface area contributed by atoms with Crippen molar-refractivity contribution in [3.63, 3.8) is 0 Å². The molecule has 0 aliphatic carbocycles. The zero-order chi connectivity index (χ0) is 27.4. The van der Waals surface area contributed by atoms with Gasteiger partial charge in [-0.25, -0.2) is 4.68 Å². The lowest BCUT2D eigenvalue weighted by Crippen LogP contribution is -2.51. The standard InChI is InChI=1S/C29H30ClN5O3/c1-5-29(3,4)31-28(38)27(20-14-16-21(30)17-15-20)35(24-12-8-6-10-22(24)19(2)36)26(37)18-34-25-13-9-7-11-23(25)32-33-34/h6-17,27H,5,18H2,1-4H3,(H,31,38). The summed E-state index contributed by atoms with van der Waals surface area (Å²) in [5, 5.41) is 11.9. The summed E-state index contributed by atoms with van der Waals surface area (Å²) in [5.41, 5.74) is 2.00. The summed E-state index contributed by atoms with van der Waals surface area (Å²) >= 11 is 6.16. The van der Waals surface area contributed by atoms with Gasteiger partial charge in [-0.2, -0.15) is 0 Å². The number of Topliss-reactive ketones (excluding diaryl/α,β-unsaturated/α-hetero) is 1.